The van der Waals surface area contributed by atoms with E-state index < -0.39 is 17.7 Å². The molecule has 0 aliphatic carbocycles. The molecule has 2 aromatic heterocycles. The molecular formula is C37H51N7O4. The zero-order valence-electron chi connectivity index (χ0n) is 29.9. The molecule has 0 spiro atoms. The Labute approximate surface area is 284 Å². The van der Waals surface area contributed by atoms with Gasteiger partial charge in [-0.1, -0.05) is 32.0 Å². The van der Waals surface area contributed by atoms with Gasteiger partial charge in [0.15, 0.2) is 6.10 Å². The van der Waals surface area contributed by atoms with E-state index in [0.29, 0.717) is 48.7 Å². The molecule has 0 unspecified atom stereocenters. The van der Waals surface area contributed by atoms with Crippen molar-refractivity contribution in [2.75, 3.05) is 60.6 Å². The molecular weight excluding hydrogens is 606 g/mol. The van der Waals surface area contributed by atoms with Crippen molar-refractivity contribution in [2.45, 2.75) is 92.9 Å². The van der Waals surface area contributed by atoms with Crippen LogP contribution in [-0.4, -0.2) is 82.6 Å². The summed E-state index contributed by atoms with van der Waals surface area (Å²) >= 11 is 0. The van der Waals surface area contributed by atoms with Crippen LogP contribution in [0.4, 0.5) is 17.6 Å². The largest absolute Gasteiger partial charge is 0.479 e. The maximum Gasteiger partial charge on any atom is 0.337 e. The first-order valence-electron chi connectivity index (χ1n) is 17.3. The SMILES string of the molecule is Cc1nc(N2CCOCC2)nc(N2CCc3cc(-c4c(C)nc(C)c([C@H](OC(C)(C)C)C(=O)O)c4N4CCC(C)(C)CC4)ccc3C2)n1. The van der Waals surface area contributed by atoms with Gasteiger partial charge in [0.25, 0.3) is 0 Å². The molecule has 1 aromatic carbocycles. The fourth-order valence-corrected chi connectivity index (χ4v) is 7.13. The number of aromatic nitrogens is 4. The number of pyridine rings is 1. The fraction of sp³-hybridized carbons (Fsp3) is 0.595. The van der Waals surface area contributed by atoms with Gasteiger partial charge in [-0.15, -0.1) is 0 Å². The maximum absolute atomic E-state index is 12.9. The molecule has 6 rings (SSSR count). The number of aliphatic carboxylic acids is 1. The van der Waals surface area contributed by atoms with Crippen molar-refractivity contribution in [1.82, 2.24) is 19.9 Å². The Hall–Kier alpha value is -3.83. The van der Waals surface area contributed by atoms with Gasteiger partial charge in [0.2, 0.25) is 11.9 Å². The van der Waals surface area contributed by atoms with Crippen LogP contribution in [0.5, 0.6) is 0 Å². The predicted octanol–water partition coefficient (Wildman–Crippen LogP) is 5.83. The van der Waals surface area contributed by atoms with E-state index in [4.69, 9.17) is 24.4 Å². The molecule has 0 radical (unpaired) electrons. The zero-order valence-corrected chi connectivity index (χ0v) is 29.9. The van der Waals surface area contributed by atoms with Gasteiger partial charge < -0.3 is 29.3 Å². The average Bonchev–Trinajstić information content (AvgIpc) is 3.03. The lowest BCUT2D eigenvalue weighted by molar-refractivity contribution is -0.160. The average molecular weight is 658 g/mol. The van der Waals surface area contributed by atoms with Crippen LogP contribution < -0.4 is 14.7 Å². The summed E-state index contributed by atoms with van der Waals surface area (Å²) in [6.45, 7) is 22.3. The summed E-state index contributed by atoms with van der Waals surface area (Å²) in [5, 5.41) is 10.5. The number of piperidine rings is 1. The summed E-state index contributed by atoms with van der Waals surface area (Å²) in [6, 6.07) is 6.66. The molecule has 2 fully saturated rings. The highest BCUT2D eigenvalue weighted by Crippen LogP contribution is 2.45. The third-order valence-corrected chi connectivity index (χ3v) is 9.78. The molecule has 11 nitrogen and oxygen atoms in total. The third kappa shape index (κ3) is 7.27. The second-order valence-electron chi connectivity index (χ2n) is 15.3. The van der Waals surface area contributed by atoms with E-state index in [9.17, 15) is 9.90 Å². The Kier molecular flexibility index (Phi) is 9.39. The molecule has 5 heterocycles. The van der Waals surface area contributed by atoms with Gasteiger partial charge >= 0.3 is 5.97 Å². The highest BCUT2D eigenvalue weighted by Gasteiger charge is 2.37. The Morgan fingerprint density at radius 1 is 0.875 bits per heavy atom. The van der Waals surface area contributed by atoms with Crippen molar-refractivity contribution in [2.24, 2.45) is 5.41 Å². The van der Waals surface area contributed by atoms with E-state index >= 15 is 0 Å². The molecule has 11 heteroatoms. The van der Waals surface area contributed by atoms with Crippen molar-refractivity contribution < 1.29 is 19.4 Å². The lowest BCUT2D eigenvalue weighted by Crippen LogP contribution is -2.39. The quantitative estimate of drug-likeness (QED) is 0.331. The van der Waals surface area contributed by atoms with Gasteiger partial charge in [0, 0.05) is 61.8 Å². The minimum Gasteiger partial charge on any atom is -0.479 e. The zero-order chi connectivity index (χ0) is 34.4. The van der Waals surface area contributed by atoms with E-state index in [0.717, 1.165) is 74.5 Å². The van der Waals surface area contributed by atoms with Gasteiger partial charge in [-0.2, -0.15) is 15.0 Å². The van der Waals surface area contributed by atoms with Gasteiger partial charge in [0.05, 0.1) is 24.5 Å². The molecule has 2 saturated heterocycles. The number of nitrogens with zero attached hydrogens (tertiary/aromatic N) is 7. The molecule has 3 aliphatic heterocycles. The summed E-state index contributed by atoms with van der Waals surface area (Å²) in [5.74, 6) is 1.13. The lowest BCUT2D eigenvalue weighted by atomic mass is 9.81. The Bertz CT molecular complexity index is 1670. The molecule has 3 aliphatic rings. The summed E-state index contributed by atoms with van der Waals surface area (Å²) in [5.41, 5.74) is 7.33. The number of hydrogen-bond donors (Lipinski definition) is 1. The second-order valence-corrected chi connectivity index (χ2v) is 15.3. The van der Waals surface area contributed by atoms with E-state index in [2.05, 4.69) is 51.7 Å². The van der Waals surface area contributed by atoms with E-state index in [-0.39, 0.29) is 5.41 Å². The second kappa shape index (κ2) is 13.2. The molecule has 0 saturated carbocycles. The van der Waals surface area contributed by atoms with E-state index in [1.54, 1.807) is 0 Å². The number of benzene rings is 1. The predicted molar refractivity (Wildman–Crippen MR) is 188 cm³/mol. The number of rotatable bonds is 7. The van der Waals surface area contributed by atoms with Gasteiger partial charge in [-0.05, 0) is 82.9 Å². The van der Waals surface area contributed by atoms with Crippen LogP contribution in [0.3, 0.4) is 0 Å². The van der Waals surface area contributed by atoms with Crippen LogP contribution in [0.15, 0.2) is 18.2 Å². The van der Waals surface area contributed by atoms with Crippen LogP contribution in [0.1, 0.15) is 87.5 Å². The highest BCUT2D eigenvalue weighted by atomic mass is 16.5. The molecule has 48 heavy (non-hydrogen) atoms. The van der Waals surface area contributed by atoms with Crippen molar-refractivity contribution >= 4 is 23.6 Å². The topological polar surface area (TPSA) is 117 Å². The molecule has 258 valence electrons. The normalized spacial score (nSPS) is 18.9. The third-order valence-electron chi connectivity index (χ3n) is 9.78. The Morgan fingerprint density at radius 3 is 2.19 bits per heavy atom. The van der Waals surface area contributed by atoms with Crippen molar-refractivity contribution in [3.05, 3.63) is 52.1 Å². The molecule has 0 amide bonds. The van der Waals surface area contributed by atoms with Crippen LogP contribution in [0.2, 0.25) is 0 Å². The van der Waals surface area contributed by atoms with Gasteiger partial charge in [-0.25, -0.2) is 4.79 Å². The van der Waals surface area contributed by atoms with Crippen molar-refractivity contribution in [3.8, 4) is 11.1 Å². The van der Waals surface area contributed by atoms with Crippen LogP contribution >= 0.6 is 0 Å². The fourth-order valence-electron chi connectivity index (χ4n) is 7.13. The Balaban J connectivity index is 1.38. The molecule has 1 N–H and O–H groups in total. The van der Waals surface area contributed by atoms with Crippen LogP contribution in [-0.2, 0) is 27.2 Å². The first kappa shape index (κ1) is 34.0. The maximum atomic E-state index is 12.9. The van der Waals surface area contributed by atoms with Crippen molar-refractivity contribution in [1.29, 1.82) is 0 Å². The number of anilines is 3. The number of carboxylic acids is 1. The summed E-state index contributed by atoms with van der Waals surface area (Å²) < 4.78 is 11.8. The number of aryl methyl sites for hydroxylation is 3. The minimum absolute atomic E-state index is 0.236. The van der Waals surface area contributed by atoms with Gasteiger partial charge in [0.1, 0.15) is 5.82 Å². The number of ether oxygens (including phenoxy) is 2. The molecule has 0 bridgehead atoms. The minimum atomic E-state index is -1.14. The first-order valence-corrected chi connectivity index (χ1v) is 17.3. The monoisotopic (exact) mass is 657 g/mol. The number of carbonyl (C=O) groups is 1. The van der Waals surface area contributed by atoms with Crippen LogP contribution in [0.25, 0.3) is 11.1 Å². The molecule has 1 atom stereocenters. The summed E-state index contributed by atoms with van der Waals surface area (Å²) in [4.78, 5) is 38.9. The van der Waals surface area contributed by atoms with E-state index in [1.165, 1.54) is 11.1 Å². The standard InChI is InChI=1S/C37H51N7O4/c1-23-29(31(42-15-12-37(7,8)13-16-42)30(24(2)38-23)32(33(45)46)48-36(4,5)6)27-9-10-28-22-44(14-11-26(28)21-27)35-40-25(3)39-34(41-35)43-17-19-47-20-18-43/h9-10,21,32H,11-20,22H2,1-8H3,(H,45,46)/t32-/m0/s1. The smallest absolute Gasteiger partial charge is 0.337 e. The summed E-state index contributed by atoms with van der Waals surface area (Å²) in [6.07, 6.45) is 1.74. The lowest BCUT2D eigenvalue weighted by Gasteiger charge is -2.41. The number of hydrogen-bond acceptors (Lipinski definition) is 10. The summed E-state index contributed by atoms with van der Waals surface area (Å²) in [7, 11) is 0. The van der Waals surface area contributed by atoms with E-state index in [1.807, 2.05) is 41.5 Å². The number of carboxylic acid groups (broad SMARTS) is 1. The first-order chi connectivity index (χ1) is 22.7. The van der Waals surface area contributed by atoms with Crippen LogP contribution in [0, 0.1) is 26.2 Å². The number of fused-ring (bicyclic) bond motifs is 1. The number of morpholine rings is 1. The van der Waals surface area contributed by atoms with Gasteiger partial charge in [-0.3, -0.25) is 4.98 Å². The Morgan fingerprint density at radius 2 is 1.54 bits per heavy atom. The molecule has 3 aromatic rings. The van der Waals surface area contributed by atoms with Crippen molar-refractivity contribution in [3.63, 3.8) is 0 Å². The highest BCUT2D eigenvalue weighted by molar-refractivity contribution is 5.88.